The first kappa shape index (κ1) is 21.6. The number of hydrogen-bond donors (Lipinski definition) is 1. The van der Waals surface area contributed by atoms with Gasteiger partial charge in [-0.3, -0.25) is 14.4 Å². The van der Waals surface area contributed by atoms with Gasteiger partial charge < -0.3 is 15.0 Å². The van der Waals surface area contributed by atoms with Gasteiger partial charge in [-0.15, -0.1) is 0 Å². The van der Waals surface area contributed by atoms with Crippen LogP contribution in [0.4, 0.5) is 11.4 Å². The second-order valence-corrected chi connectivity index (χ2v) is 7.82. The van der Waals surface area contributed by atoms with Crippen molar-refractivity contribution in [2.24, 2.45) is 5.92 Å². The van der Waals surface area contributed by atoms with E-state index in [2.05, 4.69) is 12.2 Å². The Kier molecular flexibility index (Phi) is 6.87. The van der Waals surface area contributed by atoms with Gasteiger partial charge in [-0.1, -0.05) is 51.1 Å². The lowest BCUT2D eigenvalue weighted by Crippen LogP contribution is -2.28. The van der Waals surface area contributed by atoms with Gasteiger partial charge in [0.15, 0.2) is 6.61 Å². The van der Waals surface area contributed by atoms with E-state index in [0.29, 0.717) is 5.69 Å². The molecule has 0 aromatic heterocycles. The van der Waals surface area contributed by atoms with Crippen molar-refractivity contribution in [3.63, 3.8) is 0 Å². The summed E-state index contributed by atoms with van der Waals surface area (Å²) in [6, 6.07) is 15.3. The van der Waals surface area contributed by atoms with Gasteiger partial charge in [0.25, 0.3) is 5.91 Å². The van der Waals surface area contributed by atoms with Crippen LogP contribution in [0.25, 0.3) is 0 Å². The Labute approximate surface area is 177 Å². The number of benzene rings is 2. The van der Waals surface area contributed by atoms with Crippen molar-refractivity contribution in [3.05, 3.63) is 59.7 Å². The molecule has 2 aromatic rings. The third-order valence-electron chi connectivity index (χ3n) is 5.32. The molecule has 0 bridgehead atoms. The standard InChI is InChI=1S/C24H28N2O4/c1-4-17-9-11-19(12-10-17)26-14-18(13-23(26)28)24(29)30-15-22(27)25-21-8-6-5-7-20(21)16(2)3/h5-12,16,18H,4,13-15H2,1-3H3,(H,25,27)/t18-/m1/s1. The van der Waals surface area contributed by atoms with Gasteiger partial charge in [-0.25, -0.2) is 0 Å². The maximum absolute atomic E-state index is 12.4. The van der Waals surface area contributed by atoms with E-state index < -0.39 is 17.8 Å². The first-order chi connectivity index (χ1) is 14.4. The van der Waals surface area contributed by atoms with Crippen LogP contribution in [0.1, 0.15) is 44.2 Å². The van der Waals surface area contributed by atoms with Crippen molar-refractivity contribution in [1.29, 1.82) is 0 Å². The van der Waals surface area contributed by atoms with E-state index in [-0.39, 0.29) is 31.4 Å². The summed E-state index contributed by atoms with van der Waals surface area (Å²) < 4.78 is 5.20. The molecule has 0 spiro atoms. The van der Waals surface area contributed by atoms with Gasteiger partial charge in [0.2, 0.25) is 5.91 Å². The monoisotopic (exact) mass is 408 g/mol. The van der Waals surface area contributed by atoms with Crippen molar-refractivity contribution in [2.75, 3.05) is 23.4 Å². The maximum Gasteiger partial charge on any atom is 0.311 e. The Morgan fingerprint density at radius 2 is 1.83 bits per heavy atom. The summed E-state index contributed by atoms with van der Waals surface area (Å²) in [4.78, 5) is 38.6. The third-order valence-corrected chi connectivity index (χ3v) is 5.32. The molecule has 1 fully saturated rings. The topological polar surface area (TPSA) is 75.7 Å². The van der Waals surface area contributed by atoms with Crippen LogP contribution < -0.4 is 10.2 Å². The van der Waals surface area contributed by atoms with Crippen LogP contribution in [0.3, 0.4) is 0 Å². The van der Waals surface area contributed by atoms with Crippen LogP contribution in [0, 0.1) is 5.92 Å². The summed E-state index contributed by atoms with van der Waals surface area (Å²) in [6.07, 6.45) is 1.01. The highest BCUT2D eigenvalue weighted by molar-refractivity contribution is 6.00. The van der Waals surface area contributed by atoms with Crippen LogP contribution in [0.15, 0.2) is 48.5 Å². The fourth-order valence-corrected chi connectivity index (χ4v) is 3.58. The minimum atomic E-state index is -0.570. The predicted octanol–water partition coefficient (Wildman–Crippen LogP) is 3.91. The number of aryl methyl sites for hydroxylation is 1. The Balaban J connectivity index is 1.54. The van der Waals surface area contributed by atoms with Crippen LogP contribution >= 0.6 is 0 Å². The van der Waals surface area contributed by atoms with Gasteiger partial charge in [-0.2, -0.15) is 0 Å². The Hall–Kier alpha value is -3.15. The van der Waals surface area contributed by atoms with E-state index >= 15 is 0 Å². The second kappa shape index (κ2) is 9.57. The number of rotatable bonds is 7. The average molecular weight is 408 g/mol. The van der Waals surface area contributed by atoms with E-state index in [1.807, 2.05) is 62.4 Å². The number of ether oxygens (including phenoxy) is 1. The molecule has 2 amide bonds. The summed E-state index contributed by atoms with van der Waals surface area (Å²) >= 11 is 0. The molecule has 1 atom stereocenters. The Morgan fingerprint density at radius 1 is 1.13 bits per heavy atom. The lowest BCUT2D eigenvalue weighted by molar-refractivity contribution is -0.151. The second-order valence-electron chi connectivity index (χ2n) is 7.82. The minimum Gasteiger partial charge on any atom is -0.455 e. The molecule has 6 nitrogen and oxygen atoms in total. The van der Waals surface area contributed by atoms with E-state index in [1.54, 1.807) is 4.90 Å². The quantitative estimate of drug-likeness (QED) is 0.705. The molecule has 2 aromatic carbocycles. The van der Waals surface area contributed by atoms with Crippen molar-refractivity contribution < 1.29 is 19.1 Å². The fraction of sp³-hybridized carbons (Fsp3) is 0.375. The average Bonchev–Trinajstić information content (AvgIpc) is 3.14. The molecule has 1 N–H and O–H groups in total. The molecule has 0 unspecified atom stereocenters. The molecule has 0 aliphatic carbocycles. The smallest absolute Gasteiger partial charge is 0.311 e. The van der Waals surface area contributed by atoms with Gasteiger partial charge in [0.05, 0.1) is 5.92 Å². The van der Waals surface area contributed by atoms with Crippen LogP contribution in [-0.2, 0) is 25.5 Å². The highest BCUT2D eigenvalue weighted by Gasteiger charge is 2.36. The van der Waals surface area contributed by atoms with E-state index in [0.717, 1.165) is 17.7 Å². The molecule has 6 heteroatoms. The van der Waals surface area contributed by atoms with Gasteiger partial charge >= 0.3 is 5.97 Å². The molecular weight excluding hydrogens is 380 g/mol. The molecular formula is C24H28N2O4. The molecule has 3 rings (SSSR count). The number of hydrogen-bond acceptors (Lipinski definition) is 4. The molecule has 158 valence electrons. The largest absolute Gasteiger partial charge is 0.455 e. The number of para-hydroxylation sites is 1. The fourth-order valence-electron chi connectivity index (χ4n) is 3.58. The number of carbonyl (C=O) groups excluding carboxylic acids is 3. The zero-order chi connectivity index (χ0) is 21.7. The first-order valence-corrected chi connectivity index (χ1v) is 10.3. The SMILES string of the molecule is CCc1ccc(N2C[C@H](C(=O)OCC(=O)Nc3ccccc3C(C)C)CC2=O)cc1. The first-order valence-electron chi connectivity index (χ1n) is 10.3. The van der Waals surface area contributed by atoms with E-state index in [9.17, 15) is 14.4 Å². The van der Waals surface area contributed by atoms with Crippen molar-refractivity contribution in [3.8, 4) is 0 Å². The van der Waals surface area contributed by atoms with Crippen molar-refractivity contribution in [1.82, 2.24) is 0 Å². The van der Waals surface area contributed by atoms with E-state index in [4.69, 9.17) is 4.74 Å². The summed E-state index contributed by atoms with van der Waals surface area (Å²) in [5, 5.41) is 2.80. The van der Waals surface area contributed by atoms with Crippen LogP contribution in [0.2, 0.25) is 0 Å². The van der Waals surface area contributed by atoms with Crippen molar-refractivity contribution in [2.45, 2.75) is 39.5 Å². The molecule has 30 heavy (non-hydrogen) atoms. The summed E-state index contributed by atoms with van der Waals surface area (Å²) in [6.45, 7) is 6.05. The molecule has 1 aliphatic heterocycles. The zero-order valence-electron chi connectivity index (χ0n) is 17.7. The Morgan fingerprint density at radius 3 is 2.50 bits per heavy atom. The highest BCUT2D eigenvalue weighted by atomic mass is 16.5. The lowest BCUT2D eigenvalue weighted by atomic mass is 10.0. The summed E-state index contributed by atoms with van der Waals surface area (Å²) in [5.41, 5.74) is 3.69. The number of nitrogens with zero attached hydrogens (tertiary/aromatic N) is 1. The molecule has 1 saturated heterocycles. The van der Waals surface area contributed by atoms with Gasteiger partial charge in [0.1, 0.15) is 0 Å². The van der Waals surface area contributed by atoms with Crippen molar-refractivity contribution >= 4 is 29.2 Å². The number of nitrogens with one attached hydrogen (secondary N) is 1. The number of anilines is 2. The predicted molar refractivity (Wildman–Crippen MR) is 116 cm³/mol. The molecule has 0 saturated carbocycles. The zero-order valence-corrected chi connectivity index (χ0v) is 17.7. The number of amides is 2. The molecule has 0 radical (unpaired) electrons. The van der Waals surface area contributed by atoms with Gasteiger partial charge in [-0.05, 0) is 41.7 Å². The van der Waals surface area contributed by atoms with Crippen LogP contribution in [0.5, 0.6) is 0 Å². The maximum atomic E-state index is 12.4. The summed E-state index contributed by atoms with van der Waals surface area (Å²) in [5.74, 6) is -1.35. The number of carbonyl (C=O) groups is 3. The summed E-state index contributed by atoms with van der Waals surface area (Å²) in [7, 11) is 0. The normalized spacial score (nSPS) is 16.1. The van der Waals surface area contributed by atoms with Crippen LogP contribution in [-0.4, -0.2) is 30.9 Å². The number of esters is 1. The Bertz CT molecular complexity index is 921. The third kappa shape index (κ3) is 5.06. The minimum absolute atomic E-state index is 0.0894. The van der Waals surface area contributed by atoms with Gasteiger partial charge in [0, 0.05) is 24.3 Å². The molecule has 1 heterocycles. The van der Waals surface area contributed by atoms with E-state index in [1.165, 1.54) is 5.56 Å². The molecule has 1 aliphatic rings. The highest BCUT2D eigenvalue weighted by Crippen LogP contribution is 2.27. The lowest BCUT2D eigenvalue weighted by Gasteiger charge is -2.17.